The van der Waals surface area contributed by atoms with Crippen LogP contribution in [-0.2, 0) is 16.6 Å². The molecule has 0 unspecified atom stereocenters. The average Bonchev–Trinajstić information content (AvgIpc) is 2.75. The van der Waals surface area contributed by atoms with E-state index in [2.05, 4.69) is 9.82 Å². The molecule has 0 aliphatic rings. The number of benzene rings is 2. The molecule has 12 nitrogen and oxygen atoms in total. The van der Waals surface area contributed by atoms with Crippen LogP contribution in [0.15, 0.2) is 64.3 Å². The molecule has 2 aromatic carbocycles. The smallest absolute Gasteiger partial charge is 0.268 e. The van der Waals surface area contributed by atoms with E-state index in [0.717, 1.165) is 29.3 Å². The first-order chi connectivity index (χ1) is 15.1. The van der Waals surface area contributed by atoms with Gasteiger partial charge in [0.2, 0.25) is 10.0 Å². The van der Waals surface area contributed by atoms with Crippen LogP contribution < -0.4 is 10.3 Å². The Kier molecular flexibility index (Phi) is 6.41. The maximum atomic E-state index is 12.6. The third kappa shape index (κ3) is 4.84. The number of nitro groups is 2. The molecule has 0 fully saturated rings. The Balaban J connectivity index is 1.83. The largest absolute Gasteiger partial charge is 0.280 e. The third-order valence-electron chi connectivity index (χ3n) is 4.58. The highest BCUT2D eigenvalue weighted by atomic mass is 32.2. The fourth-order valence-corrected chi connectivity index (χ4v) is 3.99. The van der Waals surface area contributed by atoms with Gasteiger partial charge in [0, 0.05) is 30.3 Å². The molecule has 1 heterocycles. The summed E-state index contributed by atoms with van der Waals surface area (Å²) < 4.78 is 28.4. The molecule has 32 heavy (non-hydrogen) atoms. The summed E-state index contributed by atoms with van der Waals surface area (Å²) >= 11 is 0. The minimum atomic E-state index is -4.34. The lowest BCUT2D eigenvalue weighted by molar-refractivity contribution is -0.395. The number of rotatable bonds is 8. The number of hydrogen-bond donors (Lipinski definition) is 1. The lowest BCUT2D eigenvalue weighted by Crippen LogP contribution is -2.32. The van der Waals surface area contributed by atoms with Gasteiger partial charge in [-0.05, 0) is 13.0 Å². The van der Waals surface area contributed by atoms with Gasteiger partial charge in [0.05, 0.1) is 27.0 Å². The second-order valence-electron chi connectivity index (χ2n) is 6.64. The molecule has 0 amide bonds. The maximum absolute atomic E-state index is 12.6. The highest BCUT2D eigenvalue weighted by Gasteiger charge is 2.27. The maximum Gasteiger partial charge on any atom is 0.280 e. The van der Waals surface area contributed by atoms with Gasteiger partial charge in [-0.2, -0.15) is 5.10 Å². The van der Waals surface area contributed by atoms with Crippen molar-refractivity contribution in [1.82, 2.24) is 14.5 Å². The number of aromatic nitrogens is 2. The van der Waals surface area contributed by atoms with Crippen LogP contribution in [0.2, 0.25) is 0 Å². The standard InChI is InChI=1S/C19H17N5O7S/c1-13-17(23(26)27)11-15(12-18(13)24(28)29)32(30,31)20-9-10-22-19(25)8-7-16(21-22)14-5-3-2-4-6-14/h2-8,11-12,20H,9-10H2,1H3. The normalized spacial score (nSPS) is 11.3. The van der Waals surface area contributed by atoms with E-state index >= 15 is 0 Å². The van der Waals surface area contributed by atoms with Crippen LogP contribution in [0.5, 0.6) is 0 Å². The summed E-state index contributed by atoms with van der Waals surface area (Å²) in [6.07, 6.45) is 0. The zero-order valence-electron chi connectivity index (χ0n) is 16.7. The SMILES string of the molecule is Cc1c([N+](=O)[O-])cc(S(=O)(=O)NCCn2nc(-c3ccccc3)ccc2=O)cc1[N+](=O)[O-]. The van der Waals surface area contributed by atoms with Crippen LogP contribution in [0.3, 0.4) is 0 Å². The molecule has 0 aliphatic heterocycles. The quantitative estimate of drug-likeness (QED) is 0.394. The molecule has 0 saturated heterocycles. The number of hydrogen-bond acceptors (Lipinski definition) is 8. The summed E-state index contributed by atoms with van der Waals surface area (Å²) in [4.78, 5) is 32.0. The van der Waals surface area contributed by atoms with Gasteiger partial charge in [-0.1, -0.05) is 30.3 Å². The van der Waals surface area contributed by atoms with Crippen molar-refractivity contribution in [1.29, 1.82) is 0 Å². The van der Waals surface area contributed by atoms with Crippen molar-refractivity contribution in [2.75, 3.05) is 6.54 Å². The molecular formula is C19H17N5O7S. The van der Waals surface area contributed by atoms with Crippen molar-refractivity contribution >= 4 is 21.4 Å². The summed E-state index contributed by atoms with van der Waals surface area (Å²) in [6.45, 7) is 0.760. The van der Waals surface area contributed by atoms with E-state index in [9.17, 15) is 33.4 Å². The van der Waals surface area contributed by atoms with Crippen molar-refractivity contribution in [3.8, 4) is 11.3 Å². The molecule has 0 atom stereocenters. The molecule has 13 heteroatoms. The Morgan fingerprint density at radius 3 is 2.16 bits per heavy atom. The van der Waals surface area contributed by atoms with Crippen LogP contribution in [0.1, 0.15) is 5.56 Å². The van der Waals surface area contributed by atoms with Gasteiger partial charge in [-0.3, -0.25) is 25.0 Å². The number of nitrogens with one attached hydrogen (secondary N) is 1. The van der Waals surface area contributed by atoms with Crippen LogP contribution in [0.4, 0.5) is 11.4 Å². The van der Waals surface area contributed by atoms with Gasteiger partial charge in [0.15, 0.2) is 0 Å². The van der Waals surface area contributed by atoms with Crippen LogP contribution in [-0.4, -0.2) is 34.6 Å². The molecule has 0 bridgehead atoms. The summed E-state index contributed by atoms with van der Waals surface area (Å²) in [5.74, 6) is 0. The van der Waals surface area contributed by atoms with Gasteiger partial charge in [0.25, 0.3) is 16.9 Å². The average molecular weight is 459 g/mol. The topological polar surface area (TPSA) is 167 Å². The lowest BCUT2D eigenvalue weighted by Gasteiger charge is -2.10. The van der Waals surface area contributed by atoms with Gasteiger partial charge in [-0.15, -0.1) is 0 Å². The molecular weight excluding hydrogens is 442 g/mol. The number of nitrogens with zero attached hydrogens (tertiary/aromatic N) is 4. The third-order valence-corrected chi connectivity index (χ3v) is 6.02. The molecule has 0 saturated carbocycles. The predicted molar refractivity (Wildman–Crippen MR) is 114 cm³/mol. The first-order valence-corrected chi connectivity index (χ1v) is 10.6. The fraction of sp³-hybridized carbons (Fsp3) is 0.158. The monoisotopic (exact) mass is 459 g/mol. The Morgan fingerprint density at radius 1 is 1.00 bits per heavy atom. The van der Waals surface area contributed by atoms with Crippen molar-refractivity contribution in [2.45, 2.75) is 18.4 Å². The van der Waals surface area contributed by atoms with E-state index in [0.29, 0.717) is 5.69 Å². The molecule has 0 aliphatic carbocycles. The lowest BCUT2D eigenvalue weighted by atomic mass is 10.1. The minimum Gasteiger partial charge on any atom is -0.268 e. The molecule has 166 valence electrons. The van der Waals surface area contributed by atoms with Gasteiger partial charge < -0.3 is 0 Å². The van der Waals surface area contributed by atoms with E-state index in [1.807, 2.05) is 6.07 Å². The number of sulfonamides is 1. The van der Waals surface area contributed by atoms with Crippen LogP contribution >= 0.6 is 0 Å². The first kappa shape index (κ1) is 22.7. The van der Waals surface area contributed by atoms with Crippen molar-refractivity contribution in [3.05, 3.63) is 90.7 Å². The molecule has 1 N–H and O–H groups in total. The number of nitro benzene ring substituents is 2. The molecule has 3 aromatic rings. The highest BCUT2D eigenvalue weighted by molar-refractivity contribution is 7.89. The van der Waals surface area contributed by atoms with Crippen LogP contribution in [0, 0.1) is 27.2 Å². The zero-order chi connectivity index (χ0) is 23.5. The zero-order valence-corrected chi connectivity index (χ0v) is 17.5. The van der Waals surface area contributed by atoms with Crippen molar-refractivity contribution < 1.29 is 18.3 Å². The minimum absolute atomic E-state index is 0.130. The molecule has 0 spiro atoms. The van der Waals surface area contributed by atoms with E-state index in [1.54, 1.807) is 30.3 Å². The van der Waals surface area contributed by atoms with Crippen molar-refractivity contribution in [3.63, 3.8) is 0 Å². The summed E-state index contributed by atoms with van der Waals surface area (Å²) in [5.41, 5.74) is -0.807. The Morgan fingerprint density at radius 2 is 1.59 bits per heavy atom. The Labute approximate surface area is 181 Å². The second-order valence-corrected chi connectivity index (χ2v) is 8.41. The predicted octanol–water partition coefficient (Wildman–Crippen LogP) is 2.01. The fourth-order valence-electron chi connectivity index (χ4n) is 2.93. The summed E-state index contributed by atoms with van der Waals surface area (Å²) in [7, 11) is -4.34. The highest BCUT2D eigenvalue weighted by Crippen LogP contribution is 2.31. The van der Waals surface area contributed by atoms with E-state index in [1.165, 1.54) is 6.07 Å². The molecule has 0 radical (unpaired) electrons. The first-order valence-electron chi connectivity index (χ1n) is 9.17. The van der Waals surface area contributed by atoms with E-state index in [-0.39, 0.29) is 18.7 Å². The van der Waals surface area contributed by atoms with Crippen molar-refractivity contribution in [2.24, 2.45) is 0 Å². The summed E-state index contributed by atoms with van der Waals surface area (Å²) in [5, 5.41) is 26.6. The Bertz CT molecular complexity index is 1320. The van der Waals surface area contributed by atoms with Crippen LogP contribution in [0.25, 0.3) is 11.3 Å². The second kappa shape index (κ2) is 9.03. The van der Waals surface area contributed by atoms with E-state index in [4.69, 9.17) is 0 Å². The molecule has 1 aromatic heterocycles. The molecule has 3 rings (SSSR count). The Hall–Kier alpha value is -3.97. The van der Waals surface area contributed by atoms with Gasteiger partial charge in [0.1, 0.15) is 5.56 Å². The van der Waals surface area contributed by atoms with Gasteiger partial charge >= 0.3 is 0 Å². The summed E-state index contributed by atoms with van der Waals surface area (Å²) in [6, 6.07) is 13.4. The van der Waals surface area contributed by atoms with Gasteiger partial charge in [-0.25, -0.2) is 17.8 Å². The van der Waals surface area contributed by atoms with E-state index < -0.39 is 41.7 Å².